The van der Waals surface area contributed by atoms with Crippen LogP contribution in [0.4, 0.5) is 0 Å². The molecule has 7 heteroatoms. The number of hydrogen-bond donors (Lipinski definition) is 3. The molecule has 3 aromatic rings. The largest absolute Gasteiger partial charge is 0.394 e. The fourth-order valence-electron chi connectivity index (χ4n) is 2.73. The maximum Gasteiger partial charge on any atom is 0.268 e. The quantitative estimate of drug-likeness (QED) is 0.431. The number of carbonyl (C=O) groups excluding carboxylic acids is 1. The number of nitrogens with zero attached hydrogens (tertiary/aromatic N) is 2. The number of nitrogens with one attached hydrogen (secondary N) is 2. The summed E-state index contributed by atoms with van der Waals surface area (Å²) in [5.41, 5.74) is 3.85. The summed E-state index contributed by atoms with van der Waals surface area (Å²) in [7, 11) is 0. The van der Waals surface area contributed by atoms with Gasteiger partial charge in [0, 0.05) is 18.0 Å². The van der Waals surface area contributed by atoms with E-state index in [2.05, 4.69) is 27.2 Å². The van der Waals surface area contributed by atoms with Gasteiger partial charge in [0.1, 0.15) is 5.69 Å². The third-order valence-corrected chi connectivity index (χ3v) is 4.86. The summed E-state index contributed by atoms with van der Waals surface area (Å²) in [4.78, 5) is 24.5. The number of carbonyl (C=O) groups is 1. The van der Waals surface area contributed by atoms with E-state index in [1.165, 1.54) is 0 Å². The molecule has 0 saturated carbocycles. The Labute approximate surface area is 162 Å². The lowest BCUT2D eigenvalue weighted by atomic mass is 10.1. The monoisotopic (exact) mass is 382 g/mol. The van der Waals surface area contributed by atoms with Crippen LogP contribution in [0.1, 0.15) is 34.6 Å². The van der Waals surface area contributed by atoms with Crippen molar-refractivity contribution < 1.29 is 9.90 Å². The zero-order valence-electron chi connectivity index (χ0n) is 15.3. The van der Waals surface area contributed by atoms with Gasteiger partial charge >= 0.3 is 0 Å². The summed E-state index contributed by atoms with van der Waals surface area (Å²) in [5, 5.41) is 13.2. The van der Waals surface area contributed by atoms with E-state index >= 15 is 0 Å². The molecule has 1 atom stereocenters. The van der Waals surface area contributed by atoms with Gasteiger partial charge in [-0.05, 0) is 29.9 Å². The standard InChI is InChI=1S/C20H22N4O2S/c1-3-27-20-22-10-13(2)18(24-20)15-9-16(21-11-15)19(26)23-17(12-25)14-7-5-4-6-8-14/h4-11,17,21,25H,3,12H2,1-2H3,(H,23,26)/t17-/m1/s1. The molecule has 0 saturated heterocycles. The number of aromatic amines is 1. The van der Waals surface area contributed by atoms with Crippen LogP contribution < -0.4 is 5.32 Å². The van der Waals surface area contributed by atoms with Crippen LogP contribution in [-0.4, -0.2) is 38.3 Å². The van der Waals surface area contributed by atoms with Crippen LogP contribution in [0.3, 0.4) is 0 Å². The third kappa shape index (κ3) is 4.56. The molecule has 27 heavy (non-hydrogen) atoms. The predicted octanol–water partition coefficient (Wildman–Crippen LogP) is 3.36. The maximum absolute atomic E-state index is 12.6. The first kappa shape index (κ1) is 19.1. The van der Waals surface area contributed by atoms with E-state index in [1.807, 2.05) is 37.3 Å². The van der Waals surface area contributed by atoms with Crippen LogP contribution in [0.15, 0.2) is 53.9 Å². The molecule has 3 N–H and O–H groups in total. The van der Waals surface area contributed by atoms with Gasteiger partial charge in [-0.15, -0.1) is 0 Å². The second-order valence-electron chi connectivity index (χ2n) is 6.04. The van der Waals surface area contributed by atoms with Crippen molar-refractivity contribution in [3.63, 3.8) is 0 Å². The van der Waals surface area contributed by atoms with Crippen molar-refractivity contribution in [2.45, 2.75) is 25.0 Å². The minimum Gasteiger partial charge on any atom is -0.394 e. The van der Waals surface area contributed by atoms with Gasteiger partial charge in [0.2, 0.25) is 0 Å². The van der Waals surface area contributed by atoms with Gasteiger partial charge in [-0.3, -0.25) is 4.79 Å². The Bertz CT molecular complexity index is 911. The molecule has 1 aromatic carbocycles. The van der Waals surface area contributed by atoms with Gasteiger partial charge in [-0.1, -0.05) is 49.0 Å². The van der Waals surface area contributed by atoms with Gasteiger partial charge in [0.15, 0.2) is 5.16 Å². The number of aliphatic hydroxyl groups excluding tert-OH is 1. The second kappa shape index (κ2) is 8.83. The number of aliphatic hydroxyl groups is 1. The molecule has 0 radical (unpaired) electrons. The summed E-state index contributed by atoms with van der Waals surface area (Å²) >= 11 is 1.58. The van der Waals surface area contributed by atoms with E-state index in [0.717, 1.165) is 33.3 Å². The highest BCUT2D eigenvalue weighted by Crippen LogP contribution is 2.24. The van der Waals surface area contributed by atoms with Crippen molar-refractivity contribution in [3.8, 4) is 11.3 Å². The summed E-state index contributed by atoms with van der Waals surface area (Å²) in [5.74, 6) is 0.615. The van der Waals surface area contributed by atoms with Crippen molar-refractivity contribution in [2.75, 3.05) is 12.4 Å². The van der Waals surface area contributed by atoms with Crippen LogP contribution in [0, 0.1) is 6.92 Å². The average molecular weight is 382 g/mol. The van der Waals surface area contributed by atoms with Crippen molar-refractivity contribution in [1.82, 2.24) is 20.3 Å². The highest BCUT2D eigenvalue weighted by molar-refractivity contribution is 7.99. The van der Waals surface area contributed by atoms with Gasteiger partial charge in [0.25, 0.3) is 5.91 Å². The number of aryl methyl sites for hydroxylation is 1. The van der Waals surface area contributed by atoms with Gasteiger partial charge in [-0.2, -0.15) is 0 Å². The molecule has 140 valence electrons. The number of amides is 1. The zero-order valence-corrected chi connectivity index (χ0v) is 16.1. The summed E-state index contributed by atoms with van der Waals surface area (Å²) in [6.07, 6.45) is 3.56. The molecule has 0 aliphatic carbocycles. The molecule has 0 unspecified atom stereocenters. The van der Waals surface area contributed by atoms with Gasteiger partial charge in [0.05, 0.1) is 18.3 Å². The normalized spacial score (nSPS) is 12.0. The Hall–Kier alpha value is -2.64. The molecule has 3 rings (SSSR count). The molecule has 0 spiro atoms. The first-order valence-corrected chi connectivity index (χ1v) is 9.72. The number of benzene rings is 1. The zero-order chi connectivity index (χ0) is 19.2. The Morgan fingerprint density at radius 3 is 2.81 bits per heavy atom. The lowest BCUT2D eigenvalue weighted by Gasteiger charge is -2.16. The molecule has 0 aliphatic rings. The van der Waals surface area contributed by atoms with E-state index < -0.39 is 6.04 Å². The average Bonchev–Trinajstić information content (AvgIpc) is 3.18. The van der Waals surface area contributed by atoms with E-state index in [1.54, 1.807) is 30.2 Å². The van der Waals surface area contributed by atoms with E-state index in [9.17, 15) is 9.90 Å². The number of rotatable bonds is 7. The molecule has 2 aromatic heterocycles. The van der Waals surface area contributed by atoms with Crippen molar-refractivity contribution in [3.05, 3.63) is 65.6 Å². The molecule has 0 fully saturated rings. The third-order valence-electron chi connectivity index (χ3n) is 4.11. The van der Waals surface area contributed by atoms with Crippen molar-refractivity contribution in [1.29, 1.82) is 0 Å². The Kier molecular flexibility index (Phi) is 6.26. The molecule has 0 bridgehead atoms. The summed E-state index contributed by atoms with van der Waals surface area (Å²) in [6.45, 7) is 3.82. The lowest BCUT2D eigenvalue weighted by molar-refractivity contribution is 0.0912. The van der Waals surface area contributed by atoms with Crippen LogP contribution in [0.5, 0.6) is 0 Å². The second-order valence-corrected chi connectivity index (χ2v) is 7.27. The van der Waals surface area contributed by atoms with Crippen LogP contribution in [0.25, 0.3) is 11.3 Å². The number of hydrogen-bond acceptors (Lipinski definition) is 5. The highest BCUT2D eigenvalue weighted by atomic mass is 32.2. The molecular weight excluding hydrogens is 360 g/mol. The van der Waals surface area contributed by atoms with Crippen LogP contribution >= 0.6 is 11.8 Å². The first-order valence-electron chi connectivity index (χ1n) is 8.74. The fraction of sp³-hybridized carbons (Fsp3) is 0.250. The molecule has 1 amide bonds. The first-order chi connectivity index (χ1) is 13.1. The number of aromatic nitrogens is 3. The topological polar surface area (TPSA) is 90.9 Å². The summed E-state index contributed by atoms with van der Waals surface area (Å²) < 4.78 is 0. The fourth-order valence-corrected chi connectivity index (χ4v) is 3.28. The van der Waals surface area contributed by atoms with E-state index in [4.69, 9.17) is 0 Å². The maximum atomic E-state index is 12.6. The minimum atomic E-state index is -0.459. The van der Waals surface area contributed by atoms with Crippen molar-refractivity contribution >= 4 is 17.7 Å². The highest BCUT2D eigenvalue weighted by Gasteiger charge is 2.17. The lowest BCUT2D eigenvalue weighted by Crippen LogP contribution is -2.30. The van der Waals surface area contributed by atoms with Gasteiger partial charge < -0.3 is 15.4 Å². The van der Waals surface area contributed by atoms with E-state index in [0.29, 0.717) is 5.69 Å². The molecular formula is C20H22N4O2S. The van der Waals surface area contributed by atoms with Crippen LogP contribution in [-0.2, 0) is 0 Å². The minimum absolute atomic E-state index is 0.175. The van der Waals surface area contributed by atoms with E-state index in [-0.39, 0.29) is 12.5 Å². The van der Waals surface area contributed by atoms with Crippen molar-refractivity contribution in [2.24, 2.45) is 0 Å². The number of thioether (sulfide) groups is 1. The SMILES string of the molecule is CCSc1ncc(C)c(-c2c[nH]c(C(=O)N[C@H](CO)c3ccccc3)c2)n1. The molecule has 6 nitrogen and oxygen atoms in total. The molecule has 2 heterocycles. The molecule has 0 aliphatic heterocycles. The smallest absolute Gasteiger partial charge is 0.268 e. The Morgan fingerprint density at radius 2 is 2.11 bits per heavy atom. The Balaban J connectivity index is 1.79. The van der Waals surface area contributed by atoms with Crippen LogP contribution in [0.2, 0.25) is 0 Å². The number of H-pyrrole nitrogens is 1. The van der Waals surface area contributed by atoms with Gasteiger partial charge in [-0.25, -0.2) is 9.97 Å². The Morgan fingerprint density at radius 1 is 1.33 bits per heavy atom. The predicted molar refractivity (Wildman–Crippen MR) is 107 cm³/mol. The summed E-state index contributed by atoms with van der Waals surface area (Å²) in [6, 6.07) is 10.7.